The van der Waals surface area contributed by atoms with Crippen LogP contribution in [0.5, 0.6) is 0 Å². The van der Waals surface area contributed by atoms with Crippen molar-refractivity contribution in [3.8, 4) is 0 Å². The van der Waals surface area contributed by atoms with Gasteiger partial charge in [-0.3, -0.25) is 0 Å². The van der Waals surface area contributed by atoms with Gasteiger partial charge in [-0.2, -0.15) is 4.98 Å². The molecule has 0 aliphatic carbocycles. The maximum atomic E-state index is 5.08. The Balaban J connectivity index is 0.00000264. The van der Waals surface area contributed by atoms with Crippen molar-refractivity contribution in [1.82, 2.24) is 20.8 Å². The zero-order valence-electron chi connectivity index (χ0n) is 13.9. The first kappa shape index (κ1) is 19.9. The normalized spacial score (nSPS) is 11.9. The van der Waals surface area contributed by atoms with Crippen LogP contribution in [0, 0.1) is 6.92 Å². The molecule has 6 nitrogen and oxygen atoms in total. The van der Waals surface area contributed by atoms with Crippen molar-refractivity contribution in [2.24, 2.45) is 4.99 Å². The van der Waals surface area contributed by atoms with Crippen LogP contribution in [-0.2, 0) is 12.0 Å². The second-order valence-electron chi connectivity index (χ2n) is 5.65. The first-order chi connectivity index (χ1) is 10.5. The zero-order valence-corrected chi connectivity index (χ0v) is 17.1. The maximum absolute atomic E-state index is 5.08. The van der Waals surface area contributed by atoms with Crippen molar-refractivity contribution in [3.63, 3.8) is 0 Å². The minimum absolute atomic E-state index is 0. The molecule has 0 bridgehead atoms. The van der Waals surface area contributed by atoms with Crippen molar-refractivity contribution in [1.29, 1.82) is 0 Å². The fourth-order valence-electron chi connectivity index (χ4n) is 1.95. The first-order valence-corrected chi connectivity index (χ1v) is 8.24. The van der Waals surface area contributed by atoms with Gasteiger partial charge in [-0.25, -0.2) is 4.99 Å². The van der Waals surface area contributed by atoms with E-state index in [9.17, 15) is 0 Å². The van der Waals surface area contributed by atoms with Crippen molar-refractivity contribution in [2.45, 2.75) is 39.7 Å². The number of aliphatic imine (C=N–C) groups is 1. The van der Waals surface area contributed by atoms with Gasteiger partial charge in [0.1, 0.15) is 6.54 Å². The third kappa shape index (κ3) is 6.09. The predicted molar refractivity (Wildman–Crippen MR) is 105 cm³/mol. The van der Waals surface area contributed by atoms with Gasteiger partial charge in [0, 0.05) is 23.4 Å². The van der Waals surface area contributed by atoms with Gasteiger partial charge in [0.2, 0.25) is 5.89 Å². The highest BCUT2D eigenvalue weighted by molar-refractivity contribution is 14.0. The Morgan fingerprint density at radius 2 is 2.17 bits per heavy atom. The minimum Gasteiger partial charge on any atom is -0.357 e. The van der Waals surface area contributed by atoms with Gasteiger partial charge in [0.05, 0.1) is 0 Å². The second kappa shape index (κ2) is 9.21. The lowest BCUT2D eigenvalue weighted by atomic mass is 9.91. The number of hydrogen-bond acceptors (Lipinski definition) is 5. The predicted octanol–water partition coefficient (Wildman–Crippen LogP) is 3.09. The molecule has 0 radical (unpaired) electrons. The summed E-state index contributed by atoms with van der Waals surface area (Å²) in [7, 11) is 0. The molecule has 23 heavy (non-hydrogen) atoms. The summed E-state index contributed by atoms with van der Waals surface area (Å²) in [5.74, 6) is 1.90. The standard InChI is InChI=1S/C15H23N5OS.HI/c1-5-16-14(17-9-13-19-11(2)20-21-13)18-10-15(3,4)12-7-6-8-22-12;/h6-8H,5,9-10H2,1-4H3,(H2,16,17,18);1H. The Labute approximate surface area is 158 Å². The van der Waals surface area contributed by atoms with Crippen LogP contribution in [0.15, 0.2) is 27.0 Å². The van der Waals surface area contributed by atoms with Crippen LogP contribution in [0.25, 0.3) is 0 Å². The van der Waals surface area contributed by atoms with E-state index in [1.807, 2.05) is 6.92 Å². The largest absolute Gasteiger partial charge is 0.357 e. The number of nitrogens with one attached hydrogen (secondary N) is 2. The fraction of sp³-hybridized carbons (Fsp3) is 0.533. The Bertz CT molecular complexity index is 609. The monoisotopic (exact) mass is 449 g/mol. The molecule has 2 N–H and O–H groups in total. The third-order valence-corrected chi connectivity index (χ3v) is 4.41. The van der Waals surface area contributed by atoms with Crippen LogP contribution in [0.1, 0.15) is 37.4 Å². The number of guanidine groups is 1. The number of hydrogen-bond donors (Lipinski definition) is 2. The van der Waals surface area contributed by atoms with E-state index in [0.29, 0.717) is 18.3 Å². The van der Waals surface area contributed by atoms with Gasteiger partial charge in [0.15, 0.2) is 11.8 Å². The molecular formula is C15H24IN5OS. The van der Waals surface area contributed by atoms with Gasteiger partial charge in [-0.1, -0.05) is 25.1 Å². The molecule has 0 unspecified atom stereocenters. The molecule has 8 heteroatoms. The highest BCUT2D eigenvalue weighted by Gasteiger charge is 2.21. The van der Waals surface area contributed by atoms with Crippen molar-refractivity contribution < 1.29 is 4.52 Å². The summed E-state index contributed by atoms with van der Waals surface area (Å²) in [5, 5.41) is 12.5. The Hall–Kier alpha value is -1.16. The van der Waals surface area contributed by atoms with Crippen molar-refractivity contribution >= 4 is 41.3 Å². The minimum atomic E-state index is 0. The van der Waals surface area contributed by atoms with Crippen LogP contribution in [0.2, 0.25) is 0 Å². The highest BCUT2D eigenvalue weighted by Crippen LogP contribution is 2.26. The average molecular weight is 449 g/mol. The lowest BCUT2D eigenvalue weighted by Crippen LogP contribution is -2.43. The van der Waals surface area contributed by atoms with Gasteiger partial charge >= 0.3 is 0 Å². The summed E-state index contributed by atoms with van der Waals surface area (Å²) in [5.41, 5.74) is 0.0471. The van der Waals surface area contributed by atoms with Crippen LogP contribution >= 0.6 is 35.3 Å². The van der Waals surface area contributed by atoms with E-state index >= 15 is 0 Å². The summed E-state index contributed by atoms with van der Waals surface area (Å²) in [6, 6.07) is 4.25. The quantitative estimate of drug-likeness (QED) is 0.403. The molecule has 0 saturated carbocycles. The molecule has 2 heterocycles. The highest BCUT2D eigenvalue weighted by atomic mass is 127. The summed E-state index contributed by atoms with van der Waals surface area (Å²) >= 11 is 1.77. The molecule has 2 aromatic heterocycles. The van der Waals surface area contributed by atoms with Crippen molar-refractivity contribution in [3.05, 3.63) is 34.1 Å². The Kier molecular flexibility index (Phi) is 7.97. The molecule has 2 aromatic rings. The third-order valence-electron chi connectivity index (χ3n) is 3.17. The molecule has 128 valence electrons. The van der Waals surface area contributed by atoms with Crippen LogP contribution in [-0.4, -0.2) is 29.2 Å². The second-order valence-corrected chi connectivity index (χ2v) is 6.59. The lowest BCUT2D eigenvalue weighted by Gasteiger charge is -2.25. The topological polar surface area (TPSA) is 75.3 Å². The summed E-state index contributed by atoms with van der Waals surface area (Å²) in [4.78, 5) is 9.99. The van der Waals surface area contributed by atoms with Gasteiger partial charge in [0.25, 0.3) is 0 Å². The number of rotatable bonds is 6. The van der Waals surface area contributed by atoms with Gasteiger partial charge in [-0.15, -0.1) is 35.3 Å². The molecule has 0 saturated heterocycles. The zero-order chi connectivity index (χ0) is 16.0. The van der Waals surface area contributed by atoms with Gasteiger partial charge < -0.3 is 15.2 Å². The number of nitrogens with zero attached hydrogens (tertiary/aromatic N) is 3. The first-order valence-electron chi connectivity index (χ1n) is 7.36. The van der Waals surface area contributed by atoms with Crippen LogP contribution in [0.3, 0.4) is 0 Å². The molecule has 0 amide bonds. The van der Waals surface area contributed by atoms with Gasteiger partial charge in [-0.05, 0) is 25.3 Å². The average Bonchev–Trinajstić information content (AvgIpc) is 3.13. The molecule has 0 aliphatic rings. The van der Waals surface area contributed by atoms with E-state index < -0.39 is 0 Å². The van der Waals surface area contributed by atoms with Crippen LogP contribution in [0.4, 0.5) is 0 Å². The summed E-state index contributed by atoms with van der Waals surface area (Å²) < 4.78 is 5.08. The van der Waals surface area contributed by atoms with E-state index in [0.717, 1.165) is 19.0 Å². The maximum Gasteiger partial charge on any atom is 0.248 e. The van der Waals surface area contributed by atoms with E-state index in [1.54, 1.807) is 18.3 Å². The summed E-state index contributed by atoms with van der Waals surface area (Å²) in [6.45, 7) is 10.2. The molecule has 2 rings (SSSR count). The van der Waals surface area contributed by atoms with Crippen molar-refractivity contribution in [2.75, 3.05) is 13.1 Å². The van der Waals surface area contributed by atoms with E-state index in [2.05, 4.69) is 57.1 Å². The number of aryl methyl sites for hydroxylation is 1. The molecule has 0 atom stereocenters. The molecular weight excluding hydrogens is 425 g/mol. The van der Waals surface area contributed by atoms with E-state index in [-0.39, 0.29) is 29.4 Å². The lowest BCUT2D eigenvalue weighted by molar-refractivity contribution is 0.376. The number of thiophene rings is 1. The molecule has 0 spiro atoms. The summed E-state index contributed by atoms with van der Waals surface area (Å²) in [6.07, 6.45) is 0. The Morgan fingerprint density at radius 3 is 2.74 bits per heavy atom. The SMILES string of the molecule is CCNC(=NCc1nc(C)no1)NCC(C)(C)c1cccs1.I. The smallest absolute Gasteiger partial charge is 0.248 e. The molecule has 0 fully saturated rings. The number of aromatic nitrogens is 2. The number of halogens is 1. The molecule has 0 aliphatic heterocycles. The fourth-order valence-corrected chi connectivity index (χ4v) is 2.80. The molecule has 0 aromatic carbocycles. The van der Waals surface area contributed by atoms with Crippen LogP contribution < -0.4 is 10.6 Å². The van der Waals surface area contributed by atoms with E-state index in [4.69, 9.17) is 4.52 Å². The van der Waals surface area contributed by atoms with E-state index in [1.165, 1.54) is 4.88 Å². The Morgan fingerprint density at radius 1 is 1.39 bits per heavy atom.